The molecule has 0 bridgehead atoms. The van der Waals surface area contributed by atoms with Crippen molar-refractivity contribution in [2.24, 2.45) is 0 Å². The van der Waals surface area contributed by atoms with E-state index in [-0.39, 0.29) is 18.0 Å². The van der Waals surface area contributed by atoms with Crippen molar-refractivity contribution in [1.82, 2.24) is 0 Å². The fraction of sp³-hybridized carbons (Fsp3) is 0.538. The third-order valence-corrected chi connectivity index (χ3v) is 3.29. The number of aryl methyl sites for hydroxylation is 1. The Morgan fingerprint density at radius 1 is 1.22 bits per heavy atom. The zero-order valence-corrected chi connectivity index (χ0v) is 11.7. The van der Waals surface area contributed by atoms with E-state index in [0.29, 0.717) is 18.1 Å². The molecule has 0 aliphatic rings. The van der Waals surface area contributed by atoms with Gasteiger partial charge in [0.25, 0.3) is 0 Å². The van der Waals surface area contributed by atoms with E-state index in [1.54, 1.807) is 19.9 Å². The highest BCUT2D eigenvalue weighted by atomic mass is 32.1. The van der Waals surface area contributed by atoms with Crippen molar-refractivity contribution in [2.75, 3.05) is 13.2 Å². The summed E-state index contributed by atoms with van der Waals surface area (Å²) >= 11 is 1.39. The van der Waals surface area contributed by atoms with Crippen LogP contribution in [-0.4, -0.2) is 31.1 Å². The van der Waals surface area contributed by atoms with E-state index in [1.807, 2.05) is 13.0 Å². The van der Waals surface area contributed by atoms with E-state index >= 15 is 0 Å². The monoisotopic (exact) mass is 270 g/mol. The van der Waals surface area contributed by atoms with Gasteiger partial charge in [0.05, 0.1) is 11.3 Å². The summed E-state index contributed by atoms with van der Waals surface area (Å²) in [5.74, 6) is -0.503. The Labute approximate surface area is 111 Å². The lowest BCUT2D eigenvalue weighted by Gasteiger charge is -2.14. The smallest absolute Gasteiger partial charge is 0.218 e. The second-order valence-electron chi connectivity index (χ2n) is 3.72. The third kappa shape index (κ3) is 4.33. The number of hydrogen-bond donors (Lipinski definition) is 0. The molecule has 1 heterocycles. The number of hydrogen-bond acceptors (Lipinski definition) is 5. The highest BCUT2D eigenvalue weighted by molar-refractivity contribution is 7.14. The molecule has 0 N–H and O–H groups in total. The summed E-state index contributed by atoms with van der Waals surface area (Å²) < 4.78 is 10.3. The van der Waals surface area contributed by atoms with Crippen LogP contribution in [0.5, 0.6) is 0 Å². The Balaban J connectivity index is 2.59. The topological polar surface area (TPSA) is 52.6 Å². The van der Waals surface area contributed by atoms with Gasteiger partial charge in [-0.15, -0.1) is 11.3 Å². The maximum atomic E-state index is 11.9. The van der Waals surface area contributed by atoms with E-state index in [4.69, 9.17) is 9.47 Å². The normalized spacial score (nSPS) is 10.9. The zero-order chi connectivity index (χ0) is 13.5. The standard InChI is InChI=1S/C13H18O4S/c1-4-16-13(17-5-2)11(15)8-10(14)12-7-6-9(3)18-12/h6-7,13H,4-5,8H2,1-3H3. The predicted octanol–water partition coefficient (Wildman–Crippen LogP) is 2.60. The highest BCUT2D eigenvalue weighted by Gasteiger charge is 2.22. The van der Waals surface area contributed by atoms with Crippen LogP contribution >= 0.6 is 11.3 Å². The molecule has 4 nitrogen and oxygen atoms in total. The van der Waals surface area contributed by atoms with Crippen molar-refractivity contribution >= 4 is 22.9 Å². The van der Waals surface area contributed by atoms with Crippen molar-refractivity contribution in [1.29, 1.82) is 0 Å². The van der Waals surface area contributed by atoms with Gasteiger partial charge in [-0.2, -0.15) is 0 Å². The van der Waals surface area contributed by atoms with Crippen molar-refractivity contribution in [3.8, 4) is 0 Å². The van der Waals surface area contributed by atoms with Gasteiger partial charge in [0.1, 0.15) is 0 Å². The molecule has 0 radical (unpaired) electrons. The number of rotatable bonds is 8. The summed E-state index contributed by atoms with van der Waals surface area (Å²) in [6.07, 6.45) is -1.10. The van der Waals surface area contributed by atoms with E-state index in [9.17, 15) is 9.59 Å². The lowest BCUT2D eigenvalue weighted by molar-refractivity contribution is -0.166. The van der Waals surface area contributed by atoms with Crippen LogP contribution in [-0.2, 0) is 14.3 Å². The molecule has 1 aromatic heterocycles. The molecule has 0 saturated carbocycles. The molecule has 0 aliphatic carbocycles. The summed E-state index contributed by atoms with van der Waals surface area (Å²) in [4.78, 5) is 25.4. The van der Waals surface area contributed by atoms with Gasteiger partial charge in [-0.3, -0.25) is 9.59 Å². The number of ketones is 2. The Hall–Kier alpha value is -1.04. The van der Waals surface area contributed by atoms with E-state index in [1.165, 1.54) is 11.3 Å². The van der Waals surface area contributed by atoms with Gasteiger partial charge in [-0.25, -0.2) is 0 Å². The maximum Gasteiger partial charge on any atom is 0.218 e. The summed E-state index contributed by atoms with van der Waals surface area (Å²) in [6, 6.07) is 3.61. The largest absolute Gasteiger partial charge is 0.346 e. The van der Waals surface area contributed by atoms with Crippen LogP contribution in [0.25, 0.3) is 0 Å². The van der Waals surface area contributed by atoms with Gasteiger partial charge < -0.3 is 9.47 Å². The molecule has 100 valence electrons. The molecule has 0 amide bonds. The molecule has 0 saturated heterocycles. The van der Waals surface area contributed by atoms with Gasteiger partial charge in [0, 0.05) is 18.1 Å². The average Bonchev–Trinajstić information content (AvgIpc) is 2.75. The molecular weight excluding hydrogens is 252 g/mol. The van der Waals surface area contributed by atoms with Crippen LogP contribution in [0.15, 0.2) is 12.1 Å². The first-order valence-electron chi connectivity index (χ1n) is 5.94. The molecule has 1 aromatic rings. The summed E-state index contributed by atoms with van der Waals surface area (Å²) in [5, 5.41) is 0. The number of thiophene rings is 1. The average molecular weight is 270 g/mol. The first-order chi connectivity index (χ1) is 8.58. The lowest BCUT2D eigenvalue weighted by atomic mass is 10.1. The molecule has 5 heteroatoms. The first-order valence-corrected chi connectivity index (χ1v) is 6.75. The predicted molar refractivity (Wildman–Crippen MR) is 70.1 cm³/mol. The second-order valence-corrected chi connectivity index (χ2v) is 5.01. The fourth-order valence-electron chi connectivity index (χ4n) is 1.45. The Bertz CT molecular complexity index is 405. The number of Topliss-reactive ketones (excluding diaryl/α,β-unsaturated/α-hetero) is 2. The van der Waals surface area contributed by atoms with Gasteiger partial charge in [0.2, 0.25) is 6.29 Å². The molecule has 0 atom stereocenters. The van der Waals surface area contributed by atoms with Crippen LogP contribution in [0.1, 0.15) is 34.8 Å². The van der Waals surface area contributed by atoms with Crippen molar-refractivity contribution < 1.29 is 19.1 Å². The van der Waals surface area contributed by atoms with Crippen LogP contribution < -0.4 is 0 Å². The summed E-state index contributed by atoms with van der Waals surface area (Å²) in [7, 11) is 0. The molecule has 0 fully saturated rings. The summed E-state index contributed by atoms with van der Waals surface area (Å²) in [5.41, 5.74) is 0. The third-order valence-electron chi connectivity index (χ3n) is 2.25. The minimum absolute atomic E-state index is 0.176. The van der Waals surface area contributed by atoms with Gasteiger partial charge >= 0.3 is 0 Å². The van der Waals surface area contributed by atoms with Crippen LogP contribution in [0, 0.1) is 6.92 Å². The molecule has 0 spiro atoms. The van der Waals surface area contributed by atoms with E-state index in [2.05, 4.69) is 0 Å². The van der Waals surface area contributed by atoms with Crippen LogP contribution in [0.2, 0.25) is 0 Å². The lowest BCUT2D eigenvalue weighted by Crippen LogP contribution is -2.29. The summed E-state index contributed by atoms with van der Waals surface area (Å²) in [6.45, 7) is 6.24. The van der Waals surface area contributed by atoms with Crippen molar-refractivity contribution in [3.05, 3.63) is 21.9 Å². The van der Waals surface area contributed by atoms with E-state index < -0.39 is 6.29 Å². The number of carbonyl (C=O) groups excluding carboxylic acids is 2. The van der Waals surface area contributed by atoms with Gasteiger partial charge in [-0.1, -0.05) is 0 Å². The van der Waals surface area contributed by atoms with Crippen LogP contribution in [0.4, 0.5) is 0 Å². The fourth-order valence-corrected chi connectivity index (χ4v) is 2.25. The van der Waals surface area contributed by atoms with Crippen LogP contribution in [0.3, 0.4) is 0 Å². The van der Waals surface area contributed by atoms with Gasteiger partial charge in [-0.05, 0) is 32.9 Å². The molecule has 0 unspecified atom stereocenters. The Kier molecular flexibility index (Phi) is 6.18. The Morgan fingerprint density at radius 3 is 2.28 bits per heavy atom. The second kappa shape index (κ2) is 7.41. The number of ether oxygens (including phenoxy) is 2. The molecule has 0 aromatic carbocycles. The molecule has 0 aliphatic heterocycles. The highest BCUT2D eigenvalue weighted by Crippen LogP contribution is 2.17. The SMILES string of the molecule is CCOC(OCC)C(=O)CC(=O)c1ccc(C)s1. The minimum Gasteiger partial charge on any atom is -0.346 e. The Morgan fingerprint density at radius 2 is 1.83 bits per heavy atom. The maximum absolute atomic E-state index is 11.9. The first kappa shape index (κ1) is 15.0. The molecular formula is C13H18O4S. The minimum atomic E-state index is -0.926. The zero-order valence-electron chi connectivity index (χ0n) is 10.9. The van der Waals surface area contributed by atoms with Crippen molar-refractivity contribution in [3.63, 3.8) is 0 Å². The number of carbonyl (C=O) groups is 2. The van der Waals surface area contributed by atoms with Gasteiger partial charge in [0.15, 0.2) is 11.6 Å². The van der Waals surface area contributed by atoms with E-state index in [0.717, 1.165) is 4.88 Å². The van der Waals surface area contributed by atoms with Crippen molar-refractivity contribution in [2.45, 2.75) is 33.5 Å². The molecule has 1 rings (SSSR count). The quantitative estimate of drug-likeness (QED) is 0.414. The molecule has 18 heavy (non-hydrogen) atoms.